The minimum absolute atomic E-state index is 0.192. The Labute approximate surface area is 175 Å². The van der Waals surface area contributed by atoms with Crippen LogP contribution in [0.4, 0.5) is 5.00 Å². The van der Waals surface area contributed by atoms with E-state index in [1.807, 2.05) is 0 Å². The maximum absolute atomic E-state index is 13.0. The molecule has 6 nitrogen and oxygen atoms in total. The minimum Gasteiger partial charge on any atom is -0.496 e. The number of amides is 1. The summed E-state index contributed by atoms with van der Waals surface area (Å²) < 4.78 is 10.6. The van der Waals surface area contributed by atoms with Gasteiger partial charge in [0.15, 0.2) is 0 Å². The van der Waals surface area contributed by atoms with Crippen LogP contribution in [0.2, 0.25) is 0 Å². The monoisotopic (exact) mass is 416 g/mol. The first-order valence-corrected chi connectivity index (χ1v) is 10.5. The zero-order valence-electron chi connectivity index (χ0n) is 17.8. The van der Waals surface area contributed by atoms with E-state index in [1.54, 1.807) is 31.2 Å². The molecular formula is C22H28N2O4S. The highest BCUT2D eigenvalue weighted by Crippen LogP contribution is 2.45. The van der Waals surface area contributed by atoms with Crippen molar-refractivity contribution < 1.29 is 19.1 Å². The lowest BCUT2D eigenvalue weighted by Crippen LogP contribution is -2.55. The number of para-hydroxylation sites is 1. The van der Waals surface area contributed by atoms with Crippen molar-refractivity contribution in [1.82, 2.24) is 5.32 Å². The Morgan fingerprint density at radius 2 is 1.90 bits per heavy atom. The van der Waals surface area contributed by atoms with Gasteiger partial charge in [0.05, 0.1) is 24.8 Å². The molecule has 1 aliphatic rings. The molecule has 1 aliphatic heterocycles. The molecule has 3 rings (SSSR count). The van der Waals surface area contributed by atoms with Crippen molar-refractivity contribution in [1.29, 1.82) is 0 Å². The van der Waals surface area contributed by atoms with Crippen LogP contribution in [-0.2, 0) is 16.7 Å². The van der Waals surface area contributed by atoms with E-state index in [0.29, 0.717) is 28.3 Å². The predicted molar refractivity (Wildman–Crippen MR) is 115 cm³/mol. The smallest absolute Gasteiger partial charge is 0.341 e. The van der Waals surface area contributed by atoms with Gasteiger partial charge in [-0.2, -0.15) is 0 Å². The number of benzene rings is 1. The summed E-state index contributed by atoms with van der Waals surface area (Å²) in [5.41, 5.74) is 1.28. The van der Waals surface area contributed by atoms with Crippen LogP contribution in [0, 0.1) is 0 Å². The van der Waals surface area contributed by atoms with E-state index in [0.717, 1.165) is 10.4 Å². The Hall–Kier alpha value is -2.38. The molecule has 1 amide bonds. The fourth-order valence-electron chi connectivity index (χ4n) is 4.04. The standard InChI is InChI=1S/C22H28N2O4S/c1-7-28-20(26)16-14-12-21(2,3)24-22(4,5)17(14)29-19(16)23-18(25)13-10-8-9-11-15(13)27-6/h8-11,24H,7,12H2,1-6H3,(H,23,25). The van der Waals surface area contributed by atoms with E-state index < -0.39 is 5.97 Å². The van der Waals surface area contributed by atoms with Crippen molar-refractivity contribution in [3.63, 3.8) is 0 Å². The number of hydrogen-bond donors (Lipinski definition) is 2. The van der Waals surface area contributed by atoms with Crippen LogP contribution in [-0.4, -0.2) is 31.1 Å². The second-order valence-electron chi connectivity index (χ2n) is 8.30. The maximum Gasteiger partial charge on any atom is 0.341 e. The predicted octanol–water partition coefficient (Wildman–Crippen LogP) is 4.35. The molecule has 1 aromatic heterocycles. The lowest BCUT2D eigenvalue weighted by atomic mass is 9.81. The van der Waals surface area contributed by atoms with Crippen molar-refractivity contribution in [2.45, 2.75) is 52.1 Å². The summed E-state index contributed by atoms with van der Waals surface area (Å²) in [6, 6.07) is 7.01. The fourth-order valence-corrected chi connectivity index (χ4v) is 5.30. The van der Waals surface area contributed by atoms with Gasteiger partial charge >= 0.3 is 5.97 Å². The number of fused-ring (bicyclic) bond motifs is 1. The highest BCUT2D eigenvalue weighted by Gasteiger charge is 2.42. The van der Waals surface area contributed by atoms with Crippen LogP contribution >= 0.6 is 11.3 Å². The number of ether oxygens (including phenoxy) is 2. The third-order valence-corrected chi connectivity index (χ3v) is 6.37. The normalized spacial score (nSPS) is 16.6. The Balaban J connectivity index is 2.08. The number of hydrogen-bond acceptors (Lipinski definition) is 6. The van der Waals surface area contributed by atoms with Crippen LogP contribution < -0.4 is 15.4 Å². The van der Waals surface area contributed by atoms with Crippen LogP contribution in [0.1, 0.15) is 65.8 Å². The summed E-state index contributed by atoms with van der Waals surface area (Å²) in [4.78, 5) is 26.9. The van der Waals surface area contributed by atoms with Gasteiger partial charge in [0.1, 0.15) is 10.8 Å². The van der Waals surface area contributed by atoms with E-state index in [4.69, 9.17) is 9.47 Å². The lowest BCUT2D eigenvalue weighted by Gasteiger charge is -2.42. The zero-order valence-corrected chi connectivity index (χ0v) is 18.6. The molecule has 0 radical (unpaired) electrons. The molecule has 0 saturated carbocycles. The largest absolute Gasteiger partial charge is 0.496 e. The summed E-state index contributed by atoms with van der Waals surface area (Å²) in [7, 11) is 1.52. The quantitative estimate of drug-likeness (QED) is 0.709. The van der Waals surface area contributed by atoms with Crippen molar-refractivity contribution in [3.8, 4) is 5.75 Å². The molecule has 0 aliphatic carbocycles. The molecule has 0 atom stereocenters. The van der Waals surface area contributed by atoms with E-state index >= 15 is 0 Å². The topological polar surface area (TPSA) is 76.7 Å². The zero-order chi connectivity index (χ0) is 21.4. The van der Waals surface area contributed by atoms with Gasteiger partial charge in [-0.05, 0) is 58.7 Å². The van der Waals surface area contributed by atoms with E-state index in [9.17, 15) is 9.59 Å². The first-order chi connectivity index (χ1) is 13.6. The van der Waals surface area contributed by atoms with Crippen molar-refractivity contribution in [2.24, 2.45) is 0 Å². The number of carbonyl (C=O) groups is 2. The molecule has 0 saturated heterocycles. The molecule has 0 unspecified atom stereocenters. The van der Waals surface area contributed by atoms with E-state index in [-0.39, 0.29) is 23.6 Å². The third kappa shape index (κ3) is 4.16. The molecule has 0 bridgehead atoms. The van der Waals surface area contributed by atoms with E-state index in [1.165, 1.54) is 18.4 Å². The Morgan fingerprint density at radius 1 is 1.21 bits per heavy atom. The van der Waals surface area contributed by atoms with Gasteiger partial charge in [0.25, 0.3) is 5.91 Å². The second-order valence-corrected chi connectivity index (χ2v) is 9.32. The van der Waals surface area contributed by atoms with Crippen LogP contribution in [0.3, 0.4) is 0 Å². The number of nitrogens with one attached hydrogen (secondary N) is 2. The van der Waals surface area contributed by atoms with Gasteiger partial charge < -0.3 is 20.1 Å². The summed E-state index contributed by atoms with van der Waals surface area (Å²) in [5, 5.41) is 7.07. The molecule has 1 aromatic carbocycles. The molecule has 29 heavy (non-hydrogen) atoms. The van der Waals surface area contributed by atoms with Gasteiger partial charge in [-0.3, -0.25) is 4.79 Å². The van der Waals surface area contributed by atoms with Gasteiger partial charge in [-0.15, -0.1) is 11.3 Å². The first-order valence-electron chi connectivity index (χ1n) is 9.66. The Bertz CT molecular complexity index is 946. The molecular weight excluding hydrogens is 388 g/mol. The number of carbonyl (C=O) groups excluding carboxylic acids is 2. The average molecular weight is 417 g/mol. The first kappa shape index (κ1) is 21.3. The Kier molecular flexibility index (Phi) is 5.74. The number of methoxy groups -OCH3 is 1. The molecule has 0 spiro atoms. The van der Waals surface area contributed by atoms with Gasteiger partial charge in [-0.25, -0.2) is 4.79 Å². The molecule has 2 N–H and O–H groups in total. The summed E-state index contributed by atoms with van der Waals surface area (Å²) in [6.45, 7) is 10.4. The highest BCUT2D eigenvalue weighted by atomic mass is 32.1. The number of anilines is 1. The fraction of sp³-hybridized carbons (Fsp3) is 0.455. The Morgan fingerprint density at radius 3 is 2.55 bits per heavy atom. The van der Waals surface area contributed by atoms with E-state index in [2.05, 4.69) is 38.3 Å². The molecule has 0 fully saturated rings. The SMILES string of the molecule is CCOC(=O)c1c(NC(=O)c2ccccc2OC)sc2c1CC(C)(C)NC2(C)C. The number of esters is 1. The molecule has 156 valence electrons. The molecule has 2 heterocycles. The number of thiophene rings is 1. The second kappa shape index (κ2) is 7.80. The lowest BCUT2D eigenvalue weighted by molar-refractivity contribution is 0.0526. The van der Waals surface area contributed by atoms with Crippen LogP contribution in [0.25, 0.3) is 0 Å². The van der Waals surface area contributed by atoms with Gasteiger partial charge in [0.2, 0.25) is 0 Å². The minimum atomic E-state index is -0.408. The van der Waals surface area contributed by atoms with Gasteiger partial charge in [0, 0.05) is 16.0 Å². The maximum atomic E-state index is 13.0. The molecule has 7 heteroatoms. The van der Waals surface area contributed by atoms with Crippen LogP contribution in [0.15, 0.2) is 24.3 Å². The summed E-state index contributed by atoms with van der Waals surface area (Å²) in [6.07, 6.45) is 0.668. The molecule has 2 aromatic rings. The summed E-state index contributed by atoms with van der Waals surface area (Å²) in [5.74, 6) is -0.252. The van der Waals surface area contributed by atoms with Crippen LogP contribution in [0.5, 0.6) is 5.75 Å². The number of rotatable bonds is 5. The third-order valence-electron chi connectivity index (χ3n) is 4.90. The highest BCUT2D eigenvalue weighted by molar-refractivity contribution is 7.17. The van der Waals surface area contributed by atoms with Gasteiger partial charge in [-0.1, -0.05) is 12.1 Å². The van der Waals surface area contributed by atoms with Crippen molar-refractivity contribution in [3.05, 3.63) is 45.8 Å². The van der Waals surface area contributed by atoms with Crippen molar-refractivity contribution >= 4 is 28.2 Å². The van der Waals surface area contributed by atoms with Crippen molar-refractivity contribution in [2.75, 3.05) is 19.0 Å². The summed E-state index contributed by atoms with van der Waals surface area (Å²) >= 11 is 1.42. The average Bonchev–Trinajstić information content (AvgIpc) is 2.98.